The number of anilines is 1. The number of ether oxygens (including phenoxy) is 2. The zero-order valence-corrected chi connectivity index (χ0v) is 34.1. The molecule has 4 aliphatic rings. The van der Waals surface area contributed by atoms with Crippen LogP contribution in [0.3, 0.4) is 0 Å². The molecule has 4 heterocycles. The lowest BCUT2D eigenvalue weighted by Crippen LogP contribution is -2.58. The van der Waals surface area contributed by atoms with Crippen molar-refractivity contribution in [3.63, 3.8) is 0 Å². The summed E-state index contributed by atoms with van der Waals surface area (Å²) in [6, 6.07) is 11.2. The summed E-state index contributed by atoms with van der Waals surface area (Å²) in [5.41, 5.74) is 2.78. The summed E-state index contributed by atoms with van der Waals surface area (Å²) in [4.78, 5) is 25.2. The highest BCUT2D eigenvalue weighted by atomic mass is 35.5. The highest BCUT2D eigenvalue weighted by Gasteiger charge is 2.48. The third-order valence-corrected chi connectivity index (χ3v) is 14.6. The van der Waals surface area contributed by atoms with Gasteiger partial charge in [0.05, 0.1) is 17.5 Å². The number of carbonyl (C=O) groups is 1. The highest BCUT2D eigenvalue weighted by molar-refractivity contribution is 7.90. The summed E-state index contributed by atoms with van der Waals surface area (Å²) in [5, 5.41) is 4.00. The van der Waals surface area contributed by atoms with Gasteiger partial charge in [-0.2, -0.15) is 4.98 Å². The first kappa shape index (κ1) is 39.7. The third kappa shape index (κ3) is 9.06. The van der Waals surface area contributed by atoms with Crippen molar-refractivity contribution >= 4 is 33.2 Å². The fraction of sp³-hybridized carbons (Fsp3) is 0.585. The van der Waals surface area contributed by atoms with Crippen LogP contribution in [0, 0.1) is 24.7 Å². The fourth-order valence-corrected chi connectivity index (χ4v) is 10.2. The molecule has 12 nitrogen and oxygen atoms in total. The Labute approximate surface area is 330 Å². The van der Waals surface area contributed by atoms with Crippen LogP contribution in [0.25, 0.3) is 0 Å². The average molecular weight is 795 g/mol. The predicted molar refractivity (Wildman–Crippen MR) is 213 cm³/mol. The maximum atomic E-state index is 13.6. The molecule has 1 saturated carbocycles. The summed E-state index contributed by atoms with van der Waals surface area (Å²) in [6.45, 7) is 12.2. The molecule has 3 aromatic rings. The van der Waals surface area contributed by atoms with Crippen LogP contribution < -0.4 is 14.4 Å². The van der Waals surface area contributed by atoms with Gasteiger partial charge in [-0.15, -0.1) is 0 Å². The number of rotatable bonds is 5. The van der Waals surface area contributed by atoms with Gasteiger partial charge in [-0.3, -0.25) is 14.6 Å². The third-order valence-electron chi connectivity index (χ3n) is 12.4. The van der Waals surface area contributed by atoms with Crippen LogP contribution in [-0.4, -0.2) is 98.0 Å². The quantitative estimate of drug-likeness (QED) is 0.304. The first-order valence-electron chi connectivity index (χ1n) is 19.7. The zero-order valence-electron chi connectivity index (χ0n) is 32.5. The molecule has 3 aliphatic heterocycles. The molecule has 2 fully saturated rings. The number of hydrogen-bond acceptors (Lipinski definition) is 11. The highest BCUT2D eigenvalue weighted by Crippen LogP contribution is 2.47. The summed E-state index contributed by atoms with van der Waals surface area (Å²) in [6.07, 6.45) is 9.73. The van der Waals surface area contributed by atoms with Crippen molar-refractivity contribution in [3.8, 4) is 5.75 Å². The Balaban J connectivity index is 1.20. The van der Waals surface area contributed by atoms with Crippen LogP contribution in [0.4, 0.5) is 5.69 Å². The molecule has 0 radical (unpaired) electrons. The van der Waals surface area contributed by atoms with Crippen molar-refractivity contribution < 1.29 is 27.2 Å². The first-order valence-corrected chi connectivity index (χ1v) is 21.7. The molecule has 14 heteroatoms. The van der Waals surface area contributed by atoms with Gasteiger partial charge in [-0.05, 0) is 105 Å². The Morgan fingerprint density at radius 3 is 2.55 bits per heavy atom. The molecule has 1 amide bonds. The number of fused-ring (bicyclic) bond motifs is 3. The van der Waals surface area contributed by atoms with Gasteiger partial charge in [0.1, 0.15) is 18.0 Å². The molecule has 2 aromatic carbocycles. The molecule has 1 saturated heterocycles. The molecular formula is C41H55ClN6O6S. The number of aryl methyl sites for hydroxylation is 2. The second-order valence-corrected chi connectivity index (χ2v) is 18.4. The van der Waals surface area contributed by atoms with Crippen molar-refractivity contribution in [3.05, 3.63) is 82.0 Å². The Bertz CT molecular complexity index is 1970. The topological polar surface area (TPSA) is 130 Å². The number of carbonyl (C=O) groups excluding carboxylic acids is 1. The Hall–Kier alpha value is -3.49. The van der Waals surface area contributed by atoms with E-state index in [1.807, 2.05) is 51.3 Å². The summed E-state index contributed by atoms with van der Waals surface area (Å²) in [7, 11) is -2.15. The number of sulfonamides is 1. The van der Waals surface area contributed by atoms with Gasteiger partial charge < -0.3 is 18.9 Å². The van der Waals surface area contributed by atoms with Crippen LogP contribution in [0.15, 0.2) is 53.1 Å². The molecule has 2 bridgehead atoms. The Morgan fingerprint density at radius 1 is 1.02 bits per heavy atom. The van der Waals surface area contributed by atoms with Gasteiger partial charge in [0, 0.05) is 70.4 Å². The van der Waals surface area contributed by atoms with Crippen LogP contribution in [0.1, 0.15) is 79.2 Å². The second-order valence-electron chi connectivity index (χ2n) is 16.0. The minimum Gasteiger partial charge on any atom is -0.487 e. The van der Waals surface area contributed by atoms with E-state index in [-0.39, 0.29) is 17.4 Å². The lowest BCUT2D eigenvalue weighted by atomic mass is 9.63. The van der Waals surface area contributed by atoms with E-state index in [0.717, 1.165) is 89.2 Å². The SMILES string of the molecule is CO[C@@]1(CN2CCN(Cc3noc(C)n3)CC2)/C=C/C[C@H](C)[C@@H](C)S(=O)(=O)NC(=O)c2ccc3c(c2)N(CCCCc2cc(Cl)ccc2CO3)C[C@@H]2CC[C@H]21. The number of benzene rings is 2. The molecule has 0 spiro atoms. The number of aromatic nitrogens is 2. The molecular weight excluding hydrogens is 740 g/mol. The minimum absolute atomic E-state index is 0.235. The van der Waals surface area contributed by atoms with Gasteiger partial charge in [0.25, 0.3) is 5.91 Å². The Kier molecular flexibility index (Phi) is 12.2. The summed E-state index contributed by atoms with van der Waals surface area (Å²) >= 11 is 6.41. The molecule has 1 N–H and O–H groups in total. The van der Waals surface area contributed by atoms with E-state index < -0.39 is 26.8 Å². The lowest BCUT2D eigenvalue weighted by molar-refractivity contribution is -0.0956. The monoisotopic (exact) mass is 794 g/mol. The maximum Gasteiger partial charge on any atom is 0.264 e. The average Bonchev–Trinajstić information content (AvgIpc) is 3.55. The van der Waals surface area contributed by atoms with Crippen molar-refractivity contribution in [2.24, 2.45) is 17.8 Å². The number of halogens is 1. The largest absolute Gasteiger partial charge is 0.487 e. The normalized spacial score (nSPS) is 28.7. The molecule has 298 valence electrons. The van der Waals surface area contributed by atoms with E-state index >= 15 is 0 Å². The lowest BCUT2D eigenvalue weighted by Gasteiger charge is -2.52. The number of methoxy groups -OCH3 is 1. The molecule has 1 aromatic heterocycles. The first-order chi connectivity index (χ1) is 26.4. The Morgan fingerprint density at radius 2 is 1.82 bits per heavy atom. The summed E-state index contributed by atoms with van der Waals surface area (Å²) < 4.78 is 48.0. The molecule has 0 unspecified atom stereocenters. The minimum atomic E-state index is -3.98. The molecule has 7 rings (SSSR count). The number of amides is 1. The maximum absolute atomic E-state index is 13.6. The van der Waals surface area contributed by atoms with Crippen molar-refractivity contribution in [1.82, 2.24) is 24.7 Å². The van der Waals surface area contributed by atoms with Crippen LogP contribution in [0.5, 0.6) is 5.75 Å². The van der Waals surface area contributed by atoms with Gasteiger partial charge in [-0.25, -0.2) is 13.1 Å². The number of allylic oxidation sites excluding steroid dienone is 1. The van der Waals surface area contributed by atoms with E-state index in [0.29, 0.717) is 48.0 Å². The standard InChI is InChI=1S/C41H55ClN6O6S/c1-28-8-7-16-41(52-4,27-47-20-18-46(19-21-47)25-39-43-30(3)54-44-39)36-14-11-33(36)24-48-17-6-5-9-31-22-35(42)13-10-34(31)26-53-38-15-12-32(23-37(38)48)40(49)45-55(50,51)29(28)2/h7,10,12-13,15-16,22-23,28-29,33,36H,5-6,8-9,11,14,17-21,24-27H2,1-4H3,(H,45,49)/b16-7+/t28-,29+,33-,36+,41+/m0/s1. The van der Waals surface area contributed by atoms with E-state index in [2.05, 4.69) is 41.7 Å². The van der Waals surface area contributed by atoms with Crippen molar-refractivity contribution in [2.45, 2.75) is 83.3 Å². The number of hydrogen-bond donors (Lipinski definition) is 1. The van der Waals surface area contributed by atoms with Crippen molar-refractivity contribution in [1.29, 1.82) is 0 Å². The zero-order chi connectivity index (χ0) is 38.7. The molecule has 5 atom stereocenters. The van der Waals surface area contributed by atoms with Crippen molar-refractivity contribution in [2.75, 3.05) is 57.8 Å². The van der Waals surface area contributed by atoms with Crippen LogP contribution in [-0.2, 0) is 34.3 Å². The summed E-state index contributed by atoms with van der Waals surface area (Å²) in [5.74, 6) is 1.63. The molecule has 55 heavy (non-hydrogen) atoms. The number of piperazine rings is 1. The van der Waals surface area contributed by atoms with Gasteiger partial charge in [0.2, 0.25) is 15.9 Å². The van der Waals surface area contributed by atoms with E-state index in [1.54, 1.807) is 13.0 Å². The fourth-order valence-electron chi connectivity index (χ4n) is 8.69. The van der Waals surface area contributed by atoms with Crippen LogP contribution in [0.2, 0.25) is 5.02 Å². The van der Waals surface area contributed by atoms with Gasteiger partial charge in [-0.1, -0.05) is 41.9 Å². The van der Waals surface area contributed by atoms with Gasteiger partial charge in [0.15, 0.2) is 5.82 Å². The predicted octanol–water partition coefficient (Wildman–Crippen LogP) is 6.03. The van der Waals surface area contributed by atoms with E-state index in [9.17, 15) is 13.2 Å². The number of nitrogens with zero attached hydrogens (tertiary/aromatic N) is 5. The molecule has 1 aliphatic carbocycles. The number of nitrogens with one attached hydrogen (secondary N) is 1. The van der Waals surface area contributed by atoms with Crippen LogP contribution >= 0.6 is 11.6 Å². The smallest absolute Gasteiger partial charge is 0.264 e. The van der Waals surface area contributed by atoms with E-state index in [1.165, 1.54) is 5.56 Å². The second kappa shape index (κ2) is 16.9. The van der Waals surface area contributed by atoms with E-state index in [4.69, 9.17) is 25.6 Å². The van der Waals surface area contributed by atoms with Gasteiger partial charge >= 0.3 is 0 Å².